The van der Waals surface area contributed by atoms with E-state index in [0.717, 1.165) is 170 Å². The van der Waals surface area contributed by atoms with Crippen LogP contribution < -0.4 is 27.8 Å². The third kappa shape index (κ3) is 20.2. The van der Waals surface area contributed by atoms with Gasteiger partial charge in [-0.25, -0.2) is 43.3 Å². The lowest BCUT2D eigenvalue weighted by molar-refractivity contribution is 0.634. The summed E-state index contributed by atoms with van der Waals surface area (Å²) in [4.78, 5) is 82.9. The summed E-state index contributed by atoms with van der Waals surface area (Å²) in [5, 5.41) is 54.5. The van der Waals surface area contributed by atoms with Crippen LogP contribution in [0, 0.1) is 27.7 Å². The molecule has 0 unspecified atom stereocenters. The highest BCUT2D eigenvalue weighted by Crippen LogP contribution is 2.39. The van der Waals surface area contributed by atoms with Gasteiger partial charge in [-0.05, 0) is 147 Å². The Balaban J connectivity index is 0.000000116. The van der Waals surface area contributed by atoms with E-state index in [-0.39, 0.29) is 27.8 Å². The molecule has 20 aromatic rings. The van der Waals surface area contributed by atoms with Crippen molar-refractivity contribution in [3.63, 3.8) is 0 Å². The van der Waals surface area contributed by atoms with Crippen molar-refractivity contribution in [3.05, 3.63) is 282 Å². The Morgan fingerprint density at radius 1 is 0.294 bits per heavy atom. The summed E-state index contributed by atoms with van der Waals surface area (Å²) in [6.45, 7) is 34.4. The van der Waals surface area contributed by atoms with E-state index >= 15 is 0 Å². The van der Waals surface area contributed by atoms with Crippen molar-refractivity contribution in [2.75, 3.05) is 0 Å². The highest BCUT2D eigenvalue weighted by atomic mass is 35.5. The standard InChI is InChI=1S/C19H19BN2OS2.C18H16BCl2N3OS2.2C18H18BN3OS2.C17H16BN3OS2/c1-12-4-5-18-14(6-12)13(9-25-18)8-22-19(23)16-11-24-10-15(16)17(21-22)7-20(2)3;1-9-4-5-12-10(6-9)22-13(26-12)8-24-18(25)15-14(16(20)27-17(15)21)11(23-24)7-19(2)3;2*1-11-4-5-16-14(6-11)20-17(25-16)8-22-18(23)13-10-24-9-12(13)15(21-22)7-19(2)3;1-18(2)7-14-11-9-23-10-12(11)17(22)21(20-14)8-16-19-13-5-3-4-6-15(13)24-16/h4-6,9-11H,7-8H2,1-3H3;4-6H,7-8H2,1-3H3;2*4-6,9-10H,7-8H2,1-3H3;3-6,9-10H,7-8H2,1-2H3. The van der Waals surface area contributed by atoms with Gasteiger partial charge in [0.1, 0.15) is 62.3 Å². The molecule has 5 aromatic carbocycles. The average Bonchev–Trinajstić information content (AvgIpc) is 1.59. The van der Waals surface area contributed by atoms with Crippen LogP contribution in [-0.4, -0.2) is 102 Å². The van der Waals surface area contributed by atoms with Gasteiger partial charge in [0.2, 0.25) is 0 Å². The number of fused-ring (bicyclic) bond motifs is 10. The number of aryl methyl sites for hydroxylation is 4. The van der Waals surface area contributed by atoms with E-state index in [4.69, 9.17) is 28.3 Å². The van der Waals surface area contributed by atoms with E-state index in [9.17, 15) is 24.0 Å². The highest BCUT2D eigenvalue weighted by Gasteiger charge is 2.25. The molecule has 19 nitrogen and oxygen atoms in total. The molecule has 0 spiro atoms. The van der Waals surface area contributed by atoms with Crippen LogP contribution in [0.4, 0.5) is 0 Å². The maximum absolute atomic E-state index is 13.0. The SMILES string of the molecule is CB(C)Cc1nn(Cc2csc3ccc(C)cc23)c(=O)c2cscc12.CB(C)Cc1nn(Cc2nc3cc(C)ccc3s2)c(=O)c2c(Cl)sc(Cl)c12.CB(C)Cc1nn(Cc2nc3cc(C)ccc3s2)c(=O)c2cscc12.CB(C)Cc1nn(Cc2nc3cc(C)ccc3s2)c(=O)c2cscc12.CB(C)Cc1nn(Cc2nc3ccccc3s2)c(=O)c2cscc12. The fraction of sp³-hybridized carbons (Fsp3) is 0.267. The van der Waals surface area contributed by atoms with Gasteiger partial charge in [0.25, 0.3) is 27.8 Å². The third-order valence-electron chi connectivity index (χ3n) is 20.9. The first kappa shape index (κ1) is 90.1. The Morgan fingerprint density at radius 2 is 0.587 bits per heavy atom. The van der Waals surface area contributed by atoms with Crippen LogP contribution in [0.3, 0.4) is 0 Å². The molecule has 15 aromatic heterocycles. The number of benzene rings is 5. The number of nitrogens with zero attached hydrogens (tertiary/aromatic N) is 14. The number of thiophene rings is 6. The number of aromatic nitrogens is 14. The number of halogens is 2. The van der Waals surface area contributed by atoms with E-state index in [0.29, 0.717) is 85.7 Å². The average molecular weight is 1890 g/mol. The Hall–Kier alpha value is -9.28. The van der Waals surface area contributed by atoms with Gasteiger partial charge < -0.3 is 0 Å². The second-order valence-corrected chi connectivity index (χ2v) is 44.4. The van der Waals surface area contributed by atoms with Crippen molar-refractivity contribution < 1.29 is 0 Å². The van der Waals surface area contributed by atoms with Crippen LogP contribution in [-0.2, 0) is 64.3 Å². The van der Waals surface area contributed by atoms with Crippen molar-refractivity contribution in [3.8, 4) is 0 Å². The topological polar surface area (TPSA) is 226 Å². The quantitative estimate of drug-likeness (QED) is 0.0647. The number of thiazole rings is 4. The summed E-state index contributed by atoms with van der Waals surface area (Å²) in [6, 6.07) is 33.2. The Kier molecular flexibility index (Phi) is 27.9. The summed E-state index contributed by atoms with van der Waals surface area (Å²) in [5.74, 6) is 0. The van der Waals surface area contributed by atoms with Gasteiger partial charge in [-0.15, -0.1) is 68.0 Å². The fourth-order valence-corrected chi connectivity index (χ4v) is 24.9. The van der Waals surface area contributed by atoms with E-state index in [1.165, 1.54) is 48.4 Å². The van der Waals surface area contributed by atoms with E-state index in [1.807, 2.05) is 62.8 Å². The zero-order valence-electron chi connectivity index (χ0n) is 72.0. The molecule has 0 aliphatic heterocycles. The van der Waals surface area contributed by atoms with E-state index < -0.39 is 0 Å². The minimum atomic E-state index is -0.221. The fourth-order valence-electron chi connectivity index (χ4n) is 15.1. The molecule has 0 N–H and O–H groups in total. The van der Waals surface area contributed by atoms with E-state index in [1.54, 1.807) is 121 Å². The molecule has 0 aliphatic rings. The van der Waals surface area contributed by atoms with Gasteiger partial charge in [0.05, 0.1) is 129 Å². The second kappa shape index (κ2) is 39.0. The monoisotopic (exact) mass is 1890 g/mol. The number of hydrogen-bond acceptors (Lipinski definition) is 24. The van der Waals surface area contributed by atoms with Crippen LogP contribution in [0.25, 0.3) is 105 Å². The van der Waals surface area contributed by atoms with Gasteiger partial charge in [0.15, 0.2) is 0 Å². The zero-order valence-corrected chi connectivity index (χ0v) is 81.7. The van der Waals surface area contributed by atoms with Crippen molar-refractivity contribution in [2.24, 2.45) is 0 Å². The second-order valence-electron chi connectivity index (χ2n) is 33.8. The van der Waals surface area contributed by atoms with Gasteiger partial charge in [-0.3, -0.25) is 24.0 Å². The first-order chi connectivity index (χ1) is 60.5. The van der Waals surface area contributed by atoms with Crippen molar-refractivity contribution in [1.29, 1.82) is 0 Å². The molecule has 0 radical (unpaired) electrons. The molecule has 0 fully saturated rings. The van der Waals surface area contributed by atoms with Crippen molar-refractivity contribution in [2.45, 2.75) is 160 Å². The molecule has 0 aliphatic carbocycles. The molecule has 0 saturated heterocycles. The van der Waals surface area contributed by atoms with Gasteiger partial charge in [0, 0.05) is 74.7 Å². The molecule has 0 atom stereocenters. The van der Waals surface area contributed by atoms with Crippen molar-refractivity contribution in [1.82, 2.24) is 68.8 Å². The molecule has 636 valence electrons. The Morgan fingerprint density at radius 3 is 0.952 bits per heavy atom. The van der Waals surface area contributed by atoms with Crippen LogP contribution >= 0.6 is 137 Å². The molecule has 126 heavy (non-hydrogen) atoms. The minimum Gasteiger partial charge on any atom is -0.267 e. The molecule has 20 rings (SSSR count). The van der Waals surface area contributed by atoms with Crippen LogP contribution in [0.5, 0.6) is 0 Å². The minimum absolute atomic E-state index is 0.00996. The summed E-state index contributed by atoms with van der Waals surface area (Å²) in [5.41, 5.74) is 14.4. The summed E-state index contributed by atoms with van der Waals surface area (Å²) >= 11 is 28.3. The smallest absolute Gasteiger partial charge is 0.267 e. The number of rotatable bonds is 20. The normalized spacial score (nSPS) is 11.5. The molecule has 15 heterocycles. The van der Waals surface area contributed by atoms with Gasteiger partial charge >= 0.3 is 0 Å². The zero-order chi connectivity index (χ0) is 88.6. The molecule has 0 saturated carbocycles. The maximum atomic E-state index is 13.0. The lowest BCUT2D eigenvalue weighted by atomic mass is 9.51. The van der Waals surface area contributed by atoms with Gasteiger partial charge in [-0.2, -0.15) is 70.8 Å². The first-order valence-electron chi connectivity index (χ1n) is 41.6. The van der Waals surface area contributed by atoms with Crippen LogP contribution in [0.2, 0.25) is 76.9 Å². The molecular weight excluding hydrogens is 1800 g/mol. The van der Waals surface area contributed by atoms with E-state index in [2.05, 4.69) is 219 Å². The van der Waals surface area contributed by atoms with Crippen LogP contribution in [0.1, 0.15) is 76.3 Å². The molecule has 0 bridgehead atoms. The summed E-state index contributed by atoms with van der Waals surface area (Å²) in [7, 11) is 0. The lowest BCUT2D eigenvalue weighted by Gasteiger charge is -2.10. The highest BCUT2D eigenvalue weighted by molar-refractivity contribution is 7.22. The lowest BCUT2D eigenvalue weighted by Crippen LogP contribution is -2.26. The Bertz CT molecular complexity index is 7570. The molecule has 36 heteroatoms. The number of para-hydroxylation sites is 1. The first-order valence-corrected chi connectivity index (χ1v) is 51.1. The maximum Gasteiger partial charge on any atom is 0.277 e. The molecular formula is C90H87B5Cl2N14O5S10. The largest absolute Gasteiger partial charge is 0.277 e. The third-order valence-corrected chi connectivity index (χ3v) is 30.6. The summed E-state index contributed by atoms with van der Waals surface area (Å²) in [6.07, 6.45) is 4.21. The predicted octanol–water partition coefficient (Wildman–Crippen LogP) is 22.9. The predicted molar refractivity (Wildman–Crippen MR) is 550 cm³/mol. The van der Waals surface area contributed by atoms with Gasteiger partial charge in [-0.1, -0.05) is 139 Å². The molecule has 0 amide bonds. The Labute approximate surface area is 778 Å². The van der Waals surface area contributed by atoms with Crippen LogP contribution in [0.15, 0.2) is 169 Å². The van der Waals surface area contributed by atoms with Crippen molar-refractivity contribution >= 4 is 275 Å². The summed E-state index contributed by atoms with van der Waals surface area (Å²) < 4.78 is 14.6. The number of hydrogen-bond donors (Lipinski definition) is 0.